The minimum absolute atomic E-state index is 0.274. The highest BCUT2D eigenvalue weighted by atomic mass is 16.5. The summed E-state index contributed by atoms with van der Waals surface area (Å²) in [6.07, 6.45) is 5.62. The van der Waals surface area contributed by atoms with Crippen molar-refractivity contribution in [3.05, 3.63) is 11.9 Å². The van der Waals surface area contributed by atoms with Gasteiger partial charge in [0.2, 0.25) is 0 Å². The molecule has 5 heteroatoms. The number of hydrogen-bond donors (Lipinski definition) is 2. The highest BCUT2D eigenvalue weighted by Gasteiger charge is 2.22. The van der Waals surface area contributed by atoms with Crippen LogP contribution in [0.15, 0.2) is 6.07 Å². The van der Waals surface area contributed by atoms with E-state index in [-0.39, 0.29) is 6.04 Å². The quantitative estimate of drug-likeness (QED) is 0.770. The minimum atomic E-state index is 0.274. The monoisotopic (exact) mass is 292 g/mol. The second-order valence-corrected chi connectivity index (χ2v) is 5.72. The summed E-state index contributed by atoms with van der Waals surface area (Å²) in [6.45, 7) is 8.28. The first-order valence-electron chi connectivity index (χ1n) is 8.23. The van der Waals surface area contributed by atoms with Gasteiger partial charge in [0.15, 0.2) is 0 Å². The van der Waals surface area contributed by atoms with Gasteiger partial charge in [-0.3, -0.25) is 0 Å². The third-order valence-electron chi connectivity index (χ3n) is 3.70. The molecule has 1 fully saturated rings. The average Bonchev–Trinajstić information content (AvgIpc) is 2.99. The Morgan fingerprint density at radius 2 is 2.10 bits per heavy atom. The van der Waals surface area contributed by atoms with Crippen LogP contribution in [0.3, 0.4) is 0 Å². The Morgan fingerprint density at radius 1 is 1.29 bits per heavy atom. The van der Waals surface area contributed by atoms with Crippen LogP contribution < -0.4 is 10.6 Å². The normalized spacial score (nSPS) is 19.5. The minimum Gasteiger partial charge on any atom is -0.376 e. The molecule has 2 N–H and O–H groups in total. The van der Waals surface area contributed by atoms with E-state index in [1.807, 2.05) is 6.07 Å². The van der Waals surface area contributed by atoms with Gasteiger partial charge in [-0.25, -0.2) is 9.97 Å². The molecule has 0 aliphatic carbocycles. The molecule has 0 bridgehead atoms. The van der Waals surface area contributed by atoms with E-state index in [0.717, 1.165) is 62.7 Å². The molecule has 1 aliphatic rings. The fourth-order valence-electron chi connectivity index (χ4n) is 2.57. The molecule has 2 heterocycles. The van der Waals surface area contributed by atoms with Gasteiger partial charge in [-0.15, -0.1) is 0 Å². The standard InChI is InChI=1S/C16H28N4O/c1-4-7-14-19-15(17-9-5-2)11-16(20-14)18-12(3)13-8-6-10-21-13/h11-13H,4-10H2,1-3H3,(H2,17,18,19,20). The van der Waals surface area contributed by atoms with Crippen molar-refractivity contribution in [2.24, 2.45) is 0 Å². The smallest absolute Gasteiger partial charge is 0.133 e. The van der Waals surface area contributed by atoms with E-state index in [4.69, 9.17) is 4.74 Å². The molecule has 118 valence electrons. The lowest BCUT2D eigenvalue weighted by Gasteiger charge is -2.21. The van der Waals surface area contributed by atoms with Crippen molar-refractivity contribution in [3.63, 3.8) is 0 Å². The lowest BCUT2D eigenvalue weighted by atomic mass is 10.1. The summed E-state index contributed by atoms with van der Waals surface area (Å²) in [6, 6.07) is 2.27. The second kappa shape index (κ2) is 8.17. The van der Waals surface area contributed by atoms with E-state index in [9.17, 15) is 0 Å². The molecule has 0 spiro atoms. The van der Waals surface area contributed by atoms with Gasteiger partial charge in [-0.05, 0) is 32.6 Å². The van der Waals surface area contributed by atoms with Crippen LogP contribution in [0.5, 0.6) is 0 Å². The van der Waals surface area contributed by atoms with E-state index >= 15 is 0 Å². The number of ether oxygens (including phenoxy) is 1. The van der Waals surface area contributed by atoms with Crippen LogP contribution >= 0.6 is 0 Å². The van der Waals surface area contributed by atoms with Crippen molar-refractivity contribution in [2.75, 3.05) is 23.8 Å². The van der Waals surface area contributed by atoms with E-state index in [0.29, 0.717) is 6.10 Å². The molecule has 1 aromatic rings. The molecule has 0 aromatic carbocycles. The van der Waals surface area contributed by atoms with Crippen LogP contribution in [-0.4, -0.2) is 35.3 Å². The van der Waals surface area contributed by atoms with Crippen molar-refractivity contribution >= 4 is 11.6 Å². The SMILES string of the molecule is CCCNc1cc(NC(C)C2CCCO2)nc(CCC)n1. The molecule has 21 heavy (non-hydrogen) atoms. The predicted molar refractivity (Wildman–Crippen MR) is 86.9 cm³/mol. The first-order chi connectivity index (χ1) is 10.2. The molecule has 0 amide bonds. The molecular formula is C16H28N4O. The number of nitrogens with zero attached hydrogens (tertiary/aromatic N) is 2. The van der Waals surface area contributed by atoms with Crippen LogP contribution in [0, 0.1) is 0 Å². The fourth-order valence-corrected chi connectivity index (χ4v) is 2.57. The number of nitrogens with one attached hydrogen (secondary N) is 2. The van der Waals surface area contributed by atoms with Gasteiger partial charge in [0.1, 0.15) is 17.5 Å². The second-order valence-electron chi connectivity index (χ2n) is 5.72. The summed E-state index contributed by atoms with van der Waals surface area (Å²) in [5, 5.41) is 6.84. The van der Waals surface area contributed by atoms with Gasteiger partial charge < -0.3 is 15.4 Å². The Bertz CT molecular complexity index is 432. The molecule has 2 atom stereocenters. The molecular weight excluding hydrogens is 264 g/mol. The number of aryl methyl sites for hydroxylation is 1. The lowest BCUT2D eigenvalue weighted by molar-refractivity contribution is 0.0995. The molecule has 1 aliphatic heterocycles. The summed E-state index contributed by atoms with van der Waals surface area (Å²) in [5.41, 5.74) is 0. The van der Waals surface area contributed by atoms with Gasteiger partial charge in [0.25, 0.3) is 0 Å². The van der Waals surface area contributed by atoms with Crippen LogP contribution in [0.25, 0.3) is 0 Å². The Hall–Kier alpha value is -1.36. The van der Waals surface area contributed by atoms with Gasteiger partial charge in [-0.1, -0.05) is 13.8 Å². The Morgan fingerprint density at radius 3 is 2.76 bits per heavy atom. The summed E-state index contributed by atoms with van der Waals surface area (Å²) >= 11 is 0. The van der Waals surface area contributed by atoms with Gasteiger partial charge in [0.05, 0.1) is 12.1 Å². The number of aromatic nitrogens is 2. The third-order valence-corrected chi connectivity index (χ3v) is 3.70. The average molecular weight is 292 g/mol. The van der Waals surface area contributed by atoms with Crippen molar-refractivity contribution < 1.29 is 4.74 Å². The van der Waals surface area contributed by atoms with Crippen LogP contribution in [0.1, 0.15) is 52.3 Å². The first-order valence-corrected chi connectivity index (χ1v) is 8.23. The zero-order chi connectivity index (χ0) is 15.1. The molecule has 0 radical (unpaired) electrons. The van der Waals surface area contributed by atoms with Crippen LogP contribution in [0.2, 0.25) is 0 Å². The molecule has 0 saturated carbocycles. The first kappa shape index (κ1) is 16.0. The van der Waals surface area contributed by atoms with Gasteiger partial charge in [0, 0.05) is 25.6 Å². The molecule has 1 aromatic heterocycles. The summed E-state index contributed by atoms with van der Waals surface area (Å²) in [4.78, 5) is 9.20. The van der Waals surface area contributed by atoms with Crippen LogP contribution in [-0.2, 0) is 11.2 Å². The molecule has 5 nitrogen and oxygen atoms in total. The zero-order valence-corrected chi connectivity index (χ0v) is 13.5. The van der Waals surface area contributed by atoms with Crippen LogP contribution in [0.4, 0.5) is 11.6 Å². The highest BCUT2D eigenvalue weighted by Crippen LogP contribution is 2.20. The number of hydrogen-bond acceptors (Lipinski definition) is 5. The summed E-state index contributed by atoms with van der Waals surface area (Å²) in [5.74, 6) is 2.72. The predicted octanol–water partition coefficient (Wildman–Crippen LogP) is 3.23. The van der Waals surface area contributed by atoms with Gasteiger partial charge >= 0.3 is 0 Å². The van der Waals surface area contributed by atoms with E-state index in [2.05, 4.69) is 41.4 Å². The Balaban J connectivity index is 2.06. The van der Waals surface area contributed by atoms with Crippen molar-refractivity contribution in [2.45, 2.75) is 65.0 Å². The zero-order valence-electron chi connectivity index (χ0n) is 13.5. The van der Waals surface area contributed by atoms with E-state index in [1.54, 1.807) is 0 Å². The number of rotatable bonds is 8. The fraction of sp³-hybridized carbons (Fsp3) is 0.750. The third kappa shape index (κ3) is 4.84. The molecule has 2 rings (SSSR count). The Kier molecular flexibility index (Phi) is 6.23. The summed E-state index contributed by atoms with van der Waals surface area (Å²) < 4.78 is 5.74. The maximum atomic E-state index is 5.74. The number of anilines is 2. The van der Waals surface area contributed by atoms with Gasteiger partial charge in [-0.2, -0.15) is 0 Å². The van der Waals surface area contributed by atoms with Crippen molar-refractivity contribution in [1.82, 2.24) is 9.97 Å². The lowest BCUT2D eigenvalue weighted by Crippen LogP contribution is -2.30. The van der Waals surface area contributed by atoms with Crippen molar-refractivity contribution in [1.29, 1.82) is 0 Å². The summed E-state index contributed by atoms with van der Waals surface area (Å²) in [7, 11) is 0. The Labute approximate surface area is 127 Å². The largest absolute Gasteiger partial charge is 0.376 e. The maximum Gasteiger partial charge on any atom is 0.133 e. The van der Waals surface area contributed by atoms with E-state index < -0.39 is 0 Å². The highest BCUT2D eigenvalue weighted by molar-refractivity contribution is 5.48. The van der Waals surface area contributed by atoms with E-state index in [1.165, 1.54) is 0 Å². The topological polar surface area (TPSA) is 59.1 Å². The van der Waals surface area contributed by atoms with Crippen molar-refractivity contribution in [3.8, 4) is 0 Å². The molecule has 2 unspecified atom stereocenters. The molecule has 1 saturated heterocycles. The maximum absolute atomic E-state index is 5.74.